The van der Waals surface area contributed by atoms with Crippen molar-refractivity contribution in [2.24, 2.45) is 0 Å². The van der Waals surface area contributed by atoms with E-state index in [9.17, 15) is 9.90 Å². The van der Waals surface area contributed by atoms with Gasteiger partial charge in [0.25, 0.3) is 0 Å². The fraction of sp³-hybridized carbons (Fsp3) is 0.190. The van der Waals surface area contributed by atoms with Crippen LogP contribution in [0.1, 0.15) is 21.5 Å². The van der Waals surface area contributed by atoms with Crippen molar-refractivity contribution in [3.05, 3.63) is 65.8 Å². The zero-order chi connectivity index (χ0) is 19.1. The zero-order valence-electron chi connectivity index (χ0n) is 15.1. The number of phenols is 1. The van der Waals surface area contributed by atoms with Crippen molar-refractivity contribution in [1.82, 2.24) is 0 Å². The maximum absolute atomic E-state index is 12.4. The summed E-state index contributed by atoms with van der Waals surface area (Å²) in [6.45, 7) is 3.68. The van der Waals surface area contributed by atoms with Crippen LogP contribution in [0.5, 0.6) is 23.0 Å². The van der Waals surface area contributed by atoms with Crippen molar-refractivity contribution in [1.29, 1.82) is 0 Å². The first-order valence-electron chi connectivity index (χ1n) is 7.99. The number of allylic oxidation sites excluding steroid dienone is 2. The third-order valence-corrected chi connectivity index (χ3v) is 3.86. The van der Waals surface area contributed by atoms with Crippen LogP contribution in [0.3, 0.4) is 0 Å². The van der Waals surface area contributed by atoms with Gasteiger partial charge < -0.3 is 19.3 Å². The molecule has 5 heteroatoms. The van der Waals surface area contributed by atoms with Gasteiger partial charge in [-0.1, -0.05) is 12.2 Å². The number of carbonyl (C=O) groups excluding carboxylic acids is 1. The van der Waals surface area contributed by atoms with Gasteiger partial charge in [-0.3, -0.25) is 4.79 Å². The Bertz CT molecular complexity index is 837. The van der Waals surface area contributed by atoms with Crippen molar-refractivity contribution in [2.75, 3.05) is 21.3 Å². The molecule has 136 valence electrons. The molecular formula is C21H22O5. The smallest absolute Gasteiger partial charge is 0.185 e. The Morgan fingerprint density at radius 1 is 1.04 bits per heavy atom. The highest BCUT2D eigenvalue weighted by molar-refractivity contribution is 6.07. The van der Waals surface area contributed by atoms with Crippen LogP contribution in [-0.2, 0) is 6.42 Å². The molecule has 0 heterocycles. The predicted octanol–water partition coefficient (Wildman–Crippen LogP) is 4.04. The lowest BCUT2D eigenvalue weighted by Gasteiger charge is -2.09. The number of phenolic OH excluding ortho intramolecular Hbond substituents is 1. The monoisotopic (exact) mass is 354 g/mol. The van der Waals surface area contributed by atoms with Gasteiger partial charge in [0.2, 0.25) is 0 Å². The molecular weight excluding hydrogens is 332 g/mol. The average Bonchev–Trinajstić information content (AvgIpc) is 2.67. The van der Waals surface area contributed by atoms with E-state index in [0.29, 0.717) is 34.8 Å². The molecule has 0 aliphatic heterocycles. The quantitative estimate of drug-likeness (QED) is 0.440. The number of carbonyl (C=O) groups is 1. The van der Waals surface area contributed by atoms with Crippen molar-refractivity contribution in [3.63, 3.8) is 0 Å². The molecule has 0 saturated heterocycles. The largest absolute Gasteiger partial charge is 0.504 e. The van der Waals surface area contributed by atoms with Crippen molar-refractivity contribution < 1.29 is 24.1 Å². The van der Waals surface area contributed by atoms with E-state index < -0.39 is 0 Å². The van der Waals surface area contributed by atoms with E-state index in [4.69, 9.17) is 14.2 Å². The number of ether oxygens (including phenoxy) is 3. The molecule has 0 spiro atoms. The van der Waals surface area contributed by atoms with Crippen LogP contribution in [0.4, 0.5) is 0 Å². The highest BCUT2D eigenvalue weighted by Gasteiger charge is 2.10. The van der Waals surface area contributed by atoms with Crippen LogP contribution in [0, 0.1) is 0 Å². The lowest BCUT2D eigenvalue weighted by atomic mass is 10.0. The lowest BCUT2D eigenvalue weighted by Crippen LogP contribution is -1.97. The summed E-state index contributed by atoms with van der Waals surface area (Å²) in [6, 6.07) is 8.45. The fourth-order valence-corrected chi connectivity index (χ4v) is 2.51. The number of aromatic hydroxyl groups is 1. The minimum atomic E-state index is -0.178. The van der Waals surface area contributed by atoms with E-state index in [-0.39, 0.29) is 11.5 Å². The normalized spacial score (nSPS) is 10.6. The van der Waals surface area contributed by atoms with Gasteiger partial charge in [0.1, 0.15) is 0 Å². The molecule has 0 fully saturated rings. The molecule has 2 aromatic carbocycles. The highest BCUT2D eigenvalue weighted by Crippen LogP contribution is 2.32. The second-order valence-electron chi connectivity index (χ2n) is 5.49. The molecule has 2 aromatic rings. The fourth-order valence-electron chi connectivity index (χ4n) is 2.51. The molecule has 0 unspecified atom stereocenters. The van der Waals surface area contributed by atoms with E-state index in [1.807, 2.05) is 0 Å². The molecule has 0 aliphatic rings. The maximum Gasteiger partial charge on any atom is 0.185 e. The van der Waals surface area contributed by atoms with Crippen LogP contribution in [0.15, 0.2) is 49.1 Å². The summed E-state index contributed by atoms with van der Waals surface area (Å²) < 4.78 is 15.6. The van der Waals surface area contributed by atoms with Crippen LogP contribution in [-0.4, -0.2) is 32.2 Å². The number of benzene rings is 2. The van der Waals surface area contributed by atoms with Crippen LogP contribution < -0.4 is 14.2 Å². The average molecular weight is 354 g/mol. The first-order valence-corrected chi connectivity index (χ1v) is 7.99. The molecule has 0 atom stereocenters. The number of hydrogen-bond donors (Lipinski definition) is 1. The van der Waals surface area contributed by atoms with Crippen molar-refractivity contribution >= 4 is 11.9 Å². The third-order valence-electron chi connectivity index (χ3n) is 3.86. The summed E-state index contributed by atoms with van der Waals surface area (Å²) in [4.78, 5) is 12.4. The first kappa shape index (κ1) is 19.1. The Balaban J connectivity index is 2.30. The van der Waals surface area contributed by atoms with Gasteiger partial charge >= 0.3 is 0 Å². The number of methoxy groups -OCH3 is 3. The molecule has 1 N–H and O–H groups in total. The molecule has 0 amide bonds. The van der Waals surface area contributed by atoms with E-state index in [1.54, 1.807) is 42.5 Å². The third kappa shape index (κ3) is 4.25. The Morgan fingerprint density at radius 2 is 1.73 bits per heavy atom. The summed E-state index contributed by atoms with van der Waals surface area (Å²) in [5, 5.41) is 10.1. The Hall–Kier alpha value is -3.21. The Labute approximate surface area is 153 Å². The van der Waals surface area contributed by atoms with Gasteiger partial charge in [0, 0.05) is 11.1 Å². The second kappa shape index (κ2) is 8.76. The number of rotatable bonds is 8. The summed E-state index contributed by atoms with van der Waals surface area (Å²) >= 11 is 0. The van der Waals surface area contributed by atoms with Crippen molar-refractivity contribution in [3.8, 4) is 23.0 Å². The predicted molar refractivity (Wildman–Crippen MR) is 101 cm³/mol. The van der Waals surface area contributed by atoms with Crippen LogP contribution >= 0.6 is 0 Å². The highest BCUT2D eigenvalue weighted by atomic mass is 16.5. The van der Waals surface area contributed by atoms with Gasteiger partial charge in [-0.15, -0.1) is 6.58 Å². The van der Waals surface area contributed by atoms with E-state index in [1.165, 1.54) is 27.4 Å². The van der Waals surface area contributed by atoms with E-state index in [2.05, 4.69) is 6.58 Å². The summed E-state index contributed by atoms with van der Waals surface area (Å²) in [6.07, 6.45) is 5.32. The van der Waals surface area contributed by atoms with Crippen LogP contribution in [0.2, 0.25) is 0 Å². The van der Waals surface area contributed by atoms with Gasteiger partial charge in [-0.05, 0) is 48.4 Å². The number of ketones is 1. The molecule has 0 bridgehead atoms. The standard InChI is InChI=1S/C21H22O5/c1-5-6-16-11-14(12-20(26-4)21(16)23)7-9-17(22)15-8-10-18(24-2)19(13-15)25-3/h5,7-13,23H,1,6H2,2-4H3/b9-7-. The molecule has 5 nitrogen and oxygen atoms in total. The molecule has 2 rings (SSSR count). The van der Waals surface area contributed by atoms with Gasteiger partial charge in [0.05, 0.1) is 21.3 Å². The zero-order valence-corrected chi connectivity index (χ0v) is 15.1. The van der Waals surface area contributed by atoms with Gasteiger partial charge in [-0.25, -0.2) is 0 Å². The molecule has 0 saturated carbocycles. The Morgan fingerprint density at radius 3 is 2.35 bits per heavy atom. The van der Waals surface area contributed by atoms with Crippen molar-refractivity contribution in [2.45, 2.75) is 6.42 Å². The van der Waals surface area contributed by atoms with Crippen LogP contribution in [0.25, 0.3) is 6.08 Å². The lowest BCUT2D eigenvalue weighted by molar-refractivity contribution is 0.104. The van der Waals surface area contributed by atoms with E-state index >= 15 is 0 Å². The molecule has 0 aromatic heterocycles. The van der Waals surface area contributed by atoms with Gasteiger partial charge in [0.15, 0.2) is 28.8 Å². The van der Waals surface area contributed by atoms with E-state index in [0.717, 1.165) is 5.56 Å². The minimum absolute atomic E-state index is 0.0794. The summed E-state index contributed by atoms with van der Waals surface area (Å²) in [5.74, 6) is 1.30. The Kier molecular flexibility index (Phi) is 6.44. The summed E-state index contributed by atoms with van der Waals surface area (Å²) in [7, 11) is 4.54. The topological polar surface area (TPSA) is 65.0 Å². The molecule has 0 aliphatic carbocycles. The maximum atomic E-state index is 12.4. The number of hydrogen-bond acceptors (Lipinski definition) is 5. The summed E-state index contributed by atoms with van der Waals surface area (Å²) in [5.41, 5.74) is 1.90. The first-order chi connectivity index (χ1) is 12.5. The molecule has 0 radical (unpaired) electrons. The molecule has 26 heavy (non-hydrogen) atoms. The van der Waals surface area contributed by atoms with Gasteiger partial charge in [-0.2, -0.15) is 0 Å². The SMILES string of the molecule is C=CCc1cc(/C=C\C(=O)c2ccc(OC)c(OC)c2)cc(OC)c1O. The second-order valence-corrected chi connectivity index (χ2v) is 5.49. The minimum Gasteiger partial charge on any atom is -0.504 e.